The zero-order valence-electron chi connectivity index (χ0n) is 17.7. The van der Waals surface area contributed by atoms with E-state index in [-0.39, 0.29) is 11.1 Å². The first-order valence-corrected chi connectivity index (χ1v) is 10.5. The van der Waals surface area contributed by atoms with Crippen LogP contribution in [0.2, 0.25) is 5.02 Å². The third kappa shape index (κ3) is 5.26. The summed E-state index contributed by atoms with van der Waals surface area (Å²) in [6, 6.07) is 3.09. The normalized spacial score (nSPS) is 15.1. The van der Waals surface area contributed by atoms with E-state index in [0.29, 0.717) is 31.0 Å². The van der Waals surface area contributed by atoms with Gasteiger partial charge in [-0.3, -0.25) is 0 Å². The lowest BCUT2D eigenvalue weighted by Gasteiger charge is -2.34. The highest BCUT2D eigenvalue weighted by Gasteiger charge is 2.33. The van der Waals surface area contributed by atoms with E-state index in [4.69, 9.17) is 11.6 Å². The minimum Gasteiger partial charge on any atom is -0.388 e. The zero-order chi connectivity index (χ0) is 22.1. The number of nitrogens with one attached hydrogen (secondary N) is 1. The monoisotopic (exact) mass is 434 g/mol. The zero-order valence-corrected chi connectivity index (χ0v) is 18.5. The minimum absolute atomic E-state index is 0.0581. The number of aromatic nitrogens is 2. The average molecular weight is 435 g/mol. The fraction of sp³-hybridized carbons (Fsp3) is 0.500. The van der Waals surface area contributed by atoms with Crippen LogP contribution in [0.3, 0.4) is 0 Å². The number of rotatable bonds is 5. The number of nitrogens with zero attached hydrogens (tertiary/aromatic N) is 3. The predicted octanol–water partition coefficient (Wildman–Crippen LogP) is 4.05. The van der Waals surface area contributed by atoms with Crippen molar-refractivity contribution in [2.45, 2.75) is 58.7 Å². The van der Waals surface area contributed by atoms with Crippen molar-refractivity contribution in [1.29, 1.82) is 0 Å². The number of halogens is 2. The molecule has 0 aliphatic carbocycles. The topological polar surface area (TPSA) is 78.4 Å². The second-order valence-electron chi connectivity index (χ2n) is 8.74. The molecular formula is C22H28ClFN4O2. The van der Waals surface area contributed by atoms with Crippen LogP contribution < -0.4 is 5.32 Å². The summed E-state index contributed by atoms with van der Waals surface area (Å²) in [5, 5.41) is 13.4. The number of aliphatic hydroxyl groups is 1. The van der Waals surface area contributed by atoms with E-state index in [0.717, 1.165) is 23.5 Å². The first-order valence-electron chi connectivity index (χ1n) is 10.1. The lowest BCUT2D eigenvalue weighted by Crippen LogP contribution is -2.49. The number of urea groups is 1. The van der Waals surface area contributed by atoms with Crippen LogP contribution in [0.25, 0.3) is 0 Å². The van der Waals surface area contributed by atoms with E-state index in [1.54, 1.807) is 18.7 Å². The van der Waals surface area contributed by atoms with E-state index < -0.39 is 17.5 Å². The van der Waals surface area contributed by atoms with E-state index in [2.05, 4.69) is 29.1 Å². The maximum absolute atomic E-state index is 13.6. The molecule has 0 bridgehead atoms. The van der Waals surface area contributed by atoms with Gasteiger partial charge in [0.15, 0.2) is 0 Å². The molecular weight excluding hydrogens is 407 g/mol. The molecule has 162 valence electrons. The van der Waals surface area contributed by atoms with Gasteiger partial charge in [-0.2, -0.15) is 0 Å². The third-order valence-electron chi connectivity index (χ3n) is 5.13. The summed E-state index contributed by atoms with van der Waals surface area (Å²) < 4.78 is 13.6. The maximum atomic E-state index is 13.6. The van der Waals surface area contributed by atoms with Crippen molar-refractivity contribution in [2.24, 2.45) is 5.92 Å². The SMILES string of the molecule is CC(C)Cc1ncc2c(n1)CN(C(=O)NC(c1ccc(F)c(Cl)c1)C(C)(C)O)CC2. The molecule has 1 aliphatic rings. The van der Waals surface area contributed by atoms with Crippen LogP contribution in [0.15, 0.2) is 24.4 Å². The Hall–Kier alpha value is -2.25. The second-order valence-corrected chi connectivity index (χ2v) is 9.14. The molecule has 2 amide bonds. The van der Waals surface area contributed by atoms with E-state index in [1.165, 1.54) is 18.2 Å². The molecule has 1 atom stereocenters. The van der Waals surface area contributed by atoms with Gasteiger partial charge in [-0.15, -0.1) is 0 Å². The molecule has 2 aromatic rings. The summed E-state index contributed by atoms with van der Waals surface area (Å²) in [4.78, 5) is 23.8. The first kappa shape index (κ1) is 22.4. The molecule has 3 rings (SSSR count). The van der Waals surface area contributed by atoms with Crippen molar-refractivity contribution in [1.82, 2.24) is 20.2 Å². The second kappa shape index (κ2) is 8.86. The number of amides is 2. The Balaban J connectivity index is 1.77. The Morgan fingerprint density at radius 2 is 2.13 bits per heavy atom. The highest BCUT2D eigenvalue weighted by molar-refractivity contribution is 6.30. The molecule has 0 saturated carbocycles. The van der Waals surface area contributed by atoms with Crippen LogP contribution in [0.5, 0.6) is 0 Å². The number of hydrogen-bond acceptors (Lipinski definition) is 4. The number of fused-ring (bicyclic) bond motifs is 1. The van der Waals surface area contributed by atoms with Gasteiger partial charge >= 0.3 is 6.03 Å². The van der Waals surface area contributed by atoms with Crippen molar-refractivity contribution >= 4 is 17.6 Å². The summed E-state index contributed by atoms with van der Waals surface area (Å²) in [6.07, 6.45) is 3.31. The van der Waals surface area contributed by atoms with E-state index >= 15 is 0 Å². The number of carbonyl (C=O) groups is 1. The quantitative estimate of drug-likeness (QED) is 0.744. The highest BCUT2D eigenvalue weighted by atomic mass is 35.5. The molecule has 0 fully saturated rings. The van der Waals surface area contributed by atoms with Crippen molar-refractivity contribution < 1.29 is 14.3 Å². The van der Waals surface area contributed by atoms with E-state index in [9.17, 15) is 14.3 Å². The van der Waals surface area contributed by atoms with Gasteiger partial charge in [-0.1, -0.05) is 31.5 Å². The van der Waals surface area contributed by atoms with Gasteiger partial charge in [-0.25, -0.2) is 19.2 Å². The van der Waals surface area contributed by atoms with Gasteiger partial charge in [0, 0.05) is 19.2 Å². The van der Waals surface area contributed by atoms with Gasteiger partial charge in [-0.05, 0) is 49.4 Å². The molecule has 1 aliphatic heterocycles. The van der Waals surface area contributed by atoms with Crippen LogP contribution in [-0.2, 0) is 19.4 Å². The average Bonchev–Trinajstić information content (AvgIpc) is 2.66. The molecule has 8 heteroatoms. The fourth-order valence-corrected chi connectivity index (χ4v) is 3.74. The molecule has 6 nitrogen and oxygen atoms in total. The minimum atomic E-state index is -1.28. The van der Waals surface area contributed by atoms with Crippen molar-refractivity contribution in [3.05, 3.63) is 57.9 Å². The number of benzene rings is 1. The third-order valence-corrected chi connectivity index (χ3v) is 5.41. The summed E-state index contributed by atoms with van der Waals surface area (Å²) >= 11 is 5.91. The van der Waals surface area contributed by atoms with E-state index in [1.807, 2.05) is 6.20 Å². The van der Waals surface area contributed by atoms with Gasteiger partial charge in [0.25, 0.3) is 0 Å². The van der Waals surface area contributed by atoms with Crippen molar-refractivity contribution in [3.8, 4) is 0 Å². The van der Waals surface area contributed by atoms with Crippen molar-refractivity contribution in [2.75, 3.05) is 6.54 Å². The lowest BCUT2D eigenvalue weighted by atomic mass is 9.92. The Morgan fingerprint density at radius 3 is 2.77 bits per heavy atom. The van der Waals surface area contributed by atoms with Gasteiger partial charge in [0.05, 0.1) is 28.9 Å². The summed E-state index contributed by atoms with van der Waals surface area (Å²) in [5.41, 5.74) is 1.15. The Morgan fingerprint density at radius 1 is 1.40 bits per heavy atom. The lowest BCUT2D eigenvalue weighted by molar-refractivity contribution is 0.0380. The largest absolute Gasteiger partial charge is 0.388 e. The number of carbonyl (C=O) groups excluding carboxylic acids is 1. The van der Waals surface area contributed by atoms with Gasteiger partial charge in [0.2, 0.25) is 0 Å². The number of hydrogen-bond donors (Lipinski definition) is 2. The molecule has 30 heavy (non-hydrogen) atoms. The molecule has 0 saturated heterocycles. The maximum Gasteiger partial charge on any atom is 0.318 e. The summed E-state index contributed by atoms with van der Waals surface area (Å²) in [7, 11) is 0. The molecule has 1 unspecified atom stereocenters. The molecule has 0 spiro atoms. The molecule has 1 aromatic carbocycles. The fourth-order valence-electron chi connectivity index (χ4n) is 3.56. The predicted molar refractivity (Wildman–Crippen MR) is 114 cm³/mol. The highest BCUT2D eigenvalue weighted by Crippen LogP contribution is 2.29. The molecule has 2 N–H and O–H groups in total. The van der Waals surface area contributed by atoms with Crippen LogP contribution in [0.4, 0.5) is 9.18 Å². The molecule has 1 aromatic heterocycles. The standard InChI is InChI=1S/C22H28ClFN4O2/c1-13(2)9-19-25-11-15-7-8-28(12-18(15)26-19)21(29)27-20(22(3,4)30)14-5-6-17(24)16(23)10-14/h5-6,10-11,13,20,30H,7-9,12H2,1-4H3,(H,27,29). The Bertz CT molecular complexity index is 930. The van der Waals surface area contributed by atoms with Gasteiger partial charge in [0.1, 0.15) is 11.6 Å². The van der Waals surface area contributed by atoms with Crippen LogP contribution in [-0.4, -0.2) is 38.2 Å². The van der Waals surface area contributed by atoms with Gasteiger partial charge < -0.3 is 15.3 Å². The smallest absolute Gasteiger partial charge is 0.318 e. The summed E-state index contributed by atoms with van der Waals surface area (Å²) in [6.45, 7) is 8.30. The Kier molecular flexibility index (Phi) is 6.62. The molecule has 2 heterocycles. The first-order chi connectivity index (χ1) is 14.0. The van der Waals surface area contributed by atoms with Crippen LogP contribution >= 0.6 is 11.6 Å². The summed E-state index contributed by atoms with van der Waals surface area (Å²) in [5.74, 6) is 0.674. The van der Waals surface area contributed by atoms with Crippen LogP contribution in [0.1, 0.15) is 56.4 Å². The Labute approximate surface area is 181 Å². The van der Waals surface area contributed by atoms with Crippen LogP contribution in [0, 0.1) is 11.7 Å². The van der Waals surface area contributed by atoms with Crippen molar-refractivity contribution in [3.63, 3.8) is 0 Å². The molecule has 0 radical (unpaired) electrons.